The zero-order valence-electron chi connectivity index (χ0n) is 13.6. The molecule has 1 aromatic rings. The summed E-state index contributed by atoms with van der Waals surface area (Å²) >= 11 is 1.97. The highest BCUT2D eigenvalue weighted by Crippen LogP contribution is 2.35. The first-order chi connectivity index (χ1) is 10.8. The van der Waals surface area contributed by atoms with Crippen LogP contribution in [0.5, 0.6) is 0 Å². The van der Waals surface area contributed by atoms with Gasteiger partial charge in [0.15, 0.2) is 0 Å². The number of nitrogens with one attached hydrogen (secondary N) is 2. The summed E-state index contributed by atoms with van der Waals surface area (Å²) < 4.78 is 0. The highest BCUT2D eigenvalue weighted by molar-refractivity contribution is 7.99. The Morgan fingerprint density at radius 3 is 2.87 bits per heavy atom. The van der Waals surface area contributed by atoms with Crippen LogP contribution in [0, 0.1) is 5.92 Å². The Balaban J connectivity index is 0.00000192. The van der Waals surface area contributed by atoms with Gasteiger partial charge in [-0.15, -0.1) is 12.4 Å². The van der Waals surface area contributed by atoms with E-state index in [9.17, 15) is 4.79 Å². The van der Waals surface area contributed by atoms with Gasteiger partial charge in [0.25, 0.3) is 0 Å². The first kappa shape index (κ1) is 18.6. The molecule has 0 aromatic heterocycles. The SMILES string of the molecule is Cl.O=C(CCC1CCNCC1)NCC1SCCc2ccccc21. The van der Waals surface area contributed by atoms with Gasteiger partial charge >= 0.3 is 0 Å². The van der Waals surface area contributed by atoms with Gasteiger partial charge in [-0.2, -0.15) is 11.8 Å². The van der Waals surface area contributed by atoms with Crippen LogP contribution < -0.4 is 10.6 Å². The van der Waals surface area contributed by atoms with Gasteiger partial charge in [0.2, 0.25) is 5.91 Å². The molecule has 5 heteroatoms. The maximum atomic E-state index is 12.1. The smallest absolute Gasteiger partial charge is 0.220 e. The molecule has 1 fully saturated rings. The molecule has 1 unspecified atom stereocenters. The largest absolute Gasteiger partial charge is 0.355 e. The molecule has 0 aliphatic carbocycles. The zero-order valence-corrected chi connectivity index (χ0v) is 15.2. The van der Waals surface area contributed by atoms with E-state index in [2.05, 4.69) is 34.9 Å². The van der Waals surface area contributed by atoms with E-state index in [0.717, 1.165) is 44.1 Å². The van der Waals surface area contributed by atoms with Crippen molar-refractivity contribution in [2.45, 2.75) is 37.4 Å². The Bertz CT molecular complexity index is 506. The molecule has 1 saturated heterocycles. The van der Waals surface area contributed by atoms with Crippen LogP contribution in [-0.2, 0) is 11.2 Å². The summed E-state index contributed by atoms with van der Waals surface area (Å²) in [7, 11) is 0. The number of hydrogen-bond donors (Lipinski definition) is 2. The van der Waals surface area contributed by atoms with Gasteiger partial charge in [-0.3, -0.25) is 4.79 Å². The van der Waals surface area contributed by atoms with Crippen molar-refractivity contribution in [1.82, 2.24) is 10.6 Å². The number of hydrogen-bond acceptors (Lipinski definition) is 3. The number of rotatable bonds is 5. The molecule has 1 atom stereocenters. The third-order valence-corrected chi connectivity index (χ3v) is 6.08. The Hall–Kier alpha value is -0.710. The van der Waals surface area contributed by atoms with Gasteiger partial charge in [0.05, 0.1) is 0 Å². The molecule has 2 heterocycles. The molecule has 0 radical (unpaired) electrons. The summed E-state index contributed by atoms with van der Waals surface area (Å²) in [4.78, 5) is 12.1. The number of halogens is 1. The molecule has 2 aliphatic heterocycles. The minimum atomic E-state index is 0. The third kappa shape index (κ3) is 5.40. The fourth-order valence-corrected chi connectivity index (χ4v) is 4.68. The van der Waals surface area contributed by atoms with Crippen LogP contribution in [0.1, 0.15) is 42.1 Å². The Morgan fingerprint density at radius 2 is 2.04 bits per heavy atom. The van der Waals surface area contributed by atoms with Crippen molar-refractivity contribution in [2.75, 3.05) is 25.4 Å². The second kappa shape index (κ2) is 9.55. The molecule has 2 N–H and O–H groups in total. The van der Waals surface area contributed by atoms with Crippen LogP contribution in [0.3, 0.4) is 0 Å². The Labute approximate surface area is 149 Å². The van der Waals surface area contributed by atoms with E-state index in [1.807, 2.05) is 11.8 Å². The molecule has 0 bridgehead atoms. The maximum Gasteiger partial charge on any atom is 0.220 e. The van der Waals surface area contributed by atoms with Gasteiger partial charge in [-0.25, -0.2) is 0 Å². The van der Waals surface area contributed by atoms with Gasteiger partial charge < -0.3 is 10.6 Å². The number of benzene rings is 1. The number of carbonyl (C=O) groups excluding carboxylic acids is 1. The number of amides is 1. The average molecular weight is 355 g/mol. The van der Waals surface area contributed by atoms with Crippen molar-refractivity contribution < 1.29 is 4.79 Å². The number of fused-ring (bicyclic) bond motifs is 1. The first-order valence-corrected chi connectivity index (χ1v) is 9.54. The normalized spacial score (nSPS) is 21.1. The molecular formula is C18H27ClN2OS. The third-order valence-electron chi connectivity index (χ3n) is 4.82. The van der Waals surface area contributed by atoms with Gasteiger partial charge in [0, 0.05) is 18.2 Å². The van der Waals surface area contributed by atoms with Crippen molar-refractivity contribution in [2.24, 2.45) is 5.92 Å². The first-order valence-electron chi connectivity index (χ1n) is 8.50. The standard InChI is InChI=1S/C18H26N2OS.ClH/c21-18(6-5-14-7-10-19-11-8-14)20-13-17-16-4-2-1-3-15(16)9-12-22-17;/h1-4,14,17,19H,5-13H2,(H,20,21);1H. The summed E-state index contributed by atoms with van der Waals surface area (Å²) in [5, 5.41) is 6.96. The minimum Gasteiger partial charge on any atom is -0.355 e. The molecule has 0 saturated carbocycles. The summed E-state index contributed by atoms with van der Waals surface area (Å²) in [6.45, 7) is 3.00. The summed E-state index contributed by atoms with van der Waals surface area (Å²) in [5.74, 6) is 2.12. The van der Waals surface area contributed by atoms with Crippen LogP contribution in [0.25, 0.3) is 0 Å². The molecule has 0 spiro atoms. The van der Waals surface area contributed by atoms with Crippen molar-refractivity contribution in [3.05, 3.63) is 35.4 Å². The average Bonchev–Trinajstić information content (AvgIpc) is 2.59. The van der Waals surface area contributed by atoms with Crippen molar-refractivity contribution in [3.8, 4) is 0 Å². The number of thioether (sulfide) groups is 1. The van der Waals surface area contributed by atoms with Crippen LogP contribution in [-0.4, -0.2) is 31.3 Å². The second-order valence-electron chi connectivity index (χ2n) is 6.34. The van der Waals surface area contributed by atoms with Gasteiger partial charge in [-0.05, 0) is 61.6 Å². The lowest BCUT2D eigenvalue weighted by molar-refractivity contribution is -0.121. The van der Waals surface area contributed by atoms with Gasteiger partial charge in [0.1, 0.15) is 0 Å². The molecule has 3 nitrogen and oxygen atoms in total. The van der Waals surface area contributed by atoms with Crippen molar-refractivity contribution >= 4 is 30.1 Å². The predicted octanol–water partition coefficient (Wildman–Crippen LogP) is 3.33. The van der Waals surface area contributed by atoms with Crippen LogP contribution in [0.4, 0.5) is 0 Å². The summed E-state index contributed by atoms with van der Waals surface area (Å²) in [6, 6.07) is 8.66. The summed E-state index contributed by atoms with van der Waals surface area (Å²) in [6.07, 6.45) is 5.32. The fraction of sp³-hybridized carbons (Fsp3) is 0.611. The van der Waals surface area contributed by atoms with E-state index in [0.29, 0.717) is 11.7 Å². The van der Waals surface area contributed by atoms with Crippen molar-refractivity contribution in [3.63, 3.8) is 0 Å². The van der Waals surface area contributed by atoms with E-state index >= 15 is 0 Å². The predicted molar refractivity (Wildman–Crippen MR) is 100 cm³/mol. The van der Waals surface area contributed by atoms with E-state index < -0.39 is 0 Å². The number of piperidine rings is 1. The van der Waals surface area contributed by atoms with E-state index in [1.165, 1.54) is 24.0 Å². The van der Waals surface area contributed by atoms with Crippen molar-refractivity contribution in [1.29, 1.82) is 0 Å². The zero-order chi connectivity index (χ0) is 15.2. The lowest BCUT2D eigenvalue weighted by Crippen LogP contribution is -2.31. The topological polar surface area (TPSA) is 41.1 Å². The van der Waals surface area contributed by atoms with Crippen LogP contribution in [0.15, 0.2) is 24.3 Å². The number of aryl methyl sites for hydroxylation is 1. The lowest BCUT2D eigenvalue weighted by Gasteiger charge is -2.25. The highest BCUT2D eigenvalue weighted by atomic mass is 35.5. The fourth-order valence-electron chi connectivity index (χ4n) is 3.45. The second-order valence-corrected chi connectivity index (χ2v) is 7.65. The Kier molecular flexibility index (Phi) is 7.74. The molecule has 128 valence electrons. The van der Waals surface area contributed by atoms with Crippen LogP contribution in [0.2, 0.25) is 0 Å². The molecule has 3 rings (SSSR count). The quantitative estimate of drug-likeness (QED) is 0.852. The number of carbonyl (C=O) groups is 1. The molecule has 1 aromatic carbocycles. The molecular weight excluding hydrogens is 328 g/mol. The van der Waals surface area contributed by atoms with E-state index in [-0.39, 0.29) is 18.3 Å². The molecule has 1 amide bonds. The highest BCUT2D eigenvalue weighted by Gasteiger charge is 2.21. The van der Waals surface area contributed by atoms with E-state index in [4.69, 9.17) is 0 Å². The Morgan fingerprint density at radius 1 is 1.26 bits per heavy atom. The van der Waals surface area contributed by atoms with Crippen LogP contribution >= 0.6 is 24.2 Å². The monoisotopic (exact) mass is 354 g/mol. The lowest BCUT2D eigenvalue weighted by atomic mass is 9.93. The van der Waals surface area contributed by atoms with Gasteiger partial charge in [-0.1, -0.05) is 24.3 Å². The molecule has 2 aliphatic rings. The van der Waals surface area contributed by atoms with E-state index in [1.54, 1.807) is 0 Å². The maximum absolute atomic E-state index is 12.1. The minimum absolute atomic E-state index is 0. The molecule has 23 heavy (non-hydrogen) atoms. The summed E-state index contributed by atoms with van der Waals surface area (Å²) in [5.41, 5.74) is 2.87.